The van der Waals surface area contributed by atoms with Gasteiger partial charge < -0.3 is 15.2 Å². The molecule has 1 aromatic carbocycles. The summed E-state index contributed by atoms with van der Waals surface area (Å²) in [7, 11) is 0. The van der Waals surface area contributed by atoms with Crippen LogP contribution in [0.3, 0.4) is 0 Å². The van der Waals surface area contributed by atoms with Crippen molar-refractivity contribution in [3.05, 3.63) is 52.0 Å². The van der Waals surface area contributed by atoms with Crippen molar-refractivity contribution in [2.75, 3.05) is 13.1 Å². The van der Waals surface area contributed by atoms with Crippen LogP contribution in [0.15, 0.2) is 36.4 Å². The molecule has 7 heteroatoms. The van der Waals surface area contributed by atoms with Crippen molar-refractivity contribution in [1.29, 1.82) is 0 Å². The summed E-state index contributed by atoms with van der Waals surface area (Å²) in [4.78, 5) is 37.1. The van der Waals surface area contributed by atoms with E-state index >= 15 is 0 Å². The Hall–Kier alpha value is -2.67. The number of carbonyl (C=O) groups excluding carboxylic acids is 2. The first-order valence-corrected chi connectivity index (χ1v) is 12.0. The lowest BCUT2D eigenvalue weighted by Gasteiger charge is -2.19. The van der Waals surface area contributed by atoms with Crippen molar-refractivity contribution in [3.63, 3.8) is 0 Å². The zero-order valence-corrected chi connectivity index (χ0v) is 19.0. The molecular weight excluding hydrogens is 408 g/mol. The summed E-state index contributed by atoms with van der Waals surface area (Å²) < 4.78 is 0. The number of imidazole rings is 1. The minimum absolute atomic E-state index is 0.0110. The Kier molecular flexibility index (Phi) is 6.70. The number of likely N-dealkylation sites (tertiary alicyclic amines) is 1. The number of fused-ring (bicyclic) bond motifs is 1. The maximum Gasteiger partial charge on any atom is 0.263 e. The van der Waals surface area contributed by atoms with Crippen molar-refractivity contribution < 1.29 is 9.59 Å². The molecule has 1 unspecified atom stereocenters. The molecule has 4 rings (SSSR count). The van der Waals surface area contributed by atoms with Crippen molar-refractivity contribution in [1.82, 2.24) is 20.2 Å². The van der Waals surface area contributed by atoms with Gasteiger partial charge in [-0.05, 0) is 44.0 Å². The standard InChI is InChI=1S/C24H30N4O2S/c1-16(23-26-18-9-5-6-10-19(18)27-23)15-22(29)25-17(2)20-11-12-21(31-20)24(30)28-13-7-3-4-8-14-28/h5-6,9-12,16-17H,3-4,7-8,13-15H2,1-2H3,(H,25,29)(H,26,27)/t16?,17-/m1/s1. The first-order chi connectivity index (χ1) is 15.0. The molecule has 1 aliphatic heterocycles. The predicted molar refractivity (Wildman–Crippen MR) is 124 cm³/mol. The molecule has 3 aromatic rings. The van der Waals surface area contributed by atoms with Crippen molar-refractivity contribution in [3.8, 4) is 0 Å². The Morgan fingerprint density at radius 1 is 1.10 bits per heavy atom. The lowest BCUT2D eigenvalue weighted by atomic mass is 10.1. The number of aromatic amines is 1. The molecule has 0 bridgehead atoms. The summed E-state index contributed by atoms with van der Waals surface area (Å²) in [5, 5.41) is 3.08. The van der Waals surface area contributed by atoms with Gasteiger partial charge in [-0.15, -0.1) is 11.3 Å². The lowest BCUT2D eigenvalue weighted by molar-refractivity contribution is -0.122. The largest absolute Gasteiger partial charge is 0.349 e. The van der Waals surface area contributed by atoms with Crippen LogP contribution >= 0.6 is 11.3 Å². The normalized spacial score (nSPS) is 16.6. The fourth-order valence-corrected chi connectivity index (χ4v) is 5.06. The first kappa shape index (κ1) is 21.6. The van der Waals surface area contributed by atoms with Gasteiger partial charge >= 0.3 is 0 Å². The van der Waals surface area contributed by atoms with Gasteiger partial charge in [-0.3, -0.25) is 9.59 Å². The van der Waals surface area contributed by atoms with Crippen LogP contribution < -0.4 is 5.32 Å². The van der Waals surface area contributed by atoms with Crippen LogP contribution in [-0.2, 0) is 4.79 Å². The van der Waals surface area contributed by atoms with E-state index in [1.807, 2.05) is 55.1 Å². The number of amides is 2. The zero-order valence-electron chi connectivity index (χ0n) is 18.2. The van der Waals surface area contributed by atoms with Crippen LogP contribution in [0.5, 0.6) is 0 Å². The number of aromatic nitrogens is 2. The highest BCUT2D eigenvalue weighted by Crippen LogP contribution is 2.26. The number of thiophene rings is 1. The van der Waals surface area contributed by atoms with Gasteiger partial charge in [0.25, 0.3) is 5.91 Å². The second-order valence-electron chi connectivity index (χ2n) is 8.44. The van der Waals surface area contributed by atoms with Gasteiger partial charge in [0.2, 0.25) is 5.91 Å². The van der Waals surface area contributed by atoms with Crippen LogP contribution in [0.25, 0.3) is 11.0 Å². The topological polar surface area (TPSA) is 78.1 Å². The Balaban J connectivity index is 1.34. The van der Waals surface area contributed by atoms with E-state index in [1.165, 1.54) is 24.2 Å². The van der Waals surface area contributed by atoms with Gasteiger partial charge in [0, 0.05) is 30.3 Å². The molecule has 2 N–H and O–H groups in total. The minimum Gasteiger partial charge on any atom is -0.349 e. The molecular formula is C24H30N4O2S. The maximum atomic E-state index is 12.8. The second kappa shape index (κ2) is 9.64. The number of para-hydroxylation sites is 2. The predicted octanol–water partition coefficient (Wildman–Crippen LogP) is 5.01. The van der Waals surface area contributed by atoms with Crippen LogP contribution in [0, 0.1) is 0 Å². The summed E-state index contributed by atoms with van der Waals surface area (Å²) in [6, 6.07) is 11.6. The molecule has 0 spiro atoms. The first-order valence-electron chi connectivity index (χ1n) is 11.1. The molecule has 1 saturated heterocycles. The Morgan fingerprint density at radius 3 is 2.58 bits per heavy atom. The lowest BCUT2D eigenvalue weighted by Crippen LogP contribution is -2.31. The summed E-state index contributed by atoms with van der Waals surface area (Å²) in [6.45, 7) is 5.66. The van der Waals surface area contributed by atoms with Crippen molar-refractivity contribution in [2.24, 2.45) is 0 Å². The molecule has 2 aromatic heterocycles. The summed E-state index contributed by atoms with van der Waals surface area (Å²) in [6.07, 6.45) is 4.93. The minimum atomic E-state index is -0.133. The Bertz CT molecular complexity index is 1020. The van der Waals surface area contributed by atoms with E-state index < -0.39 is 0 Å². The van der Waals surface area contributed by atoms with E-state index in [0.29, 0.717) is 6.42 Å². The smallest absolute Gasteiger partial charge is 0.263 e. The number of H-pyrrole nitrogens is 1. The number of nitrogens with one attached hydrogen (secondary N) is 2. The van der Waals surface area contributed by atoms with Gasteiger partial charge in [-0.1, -0.05) is 31.9 Å². The summed E-state index contributed by atoms with van der Waals surface area (Å²) in [5.74, 6) is 0.915. The zero-order chi connectivity index (χ0) is 21.8. The molecule has 1 fully saturated rings. The fourth-order valence-electron chi connectivity index (χ4n) is 4.08. The highest BCUT2D eigenvalue weighted by atomic mass is 32.1. The number of hydrogen-bond acceptors (Lipinski definition) is 4. The van der Waals surface area contributed by atoms with Gasteiger partial charge in [0.1, 0.15) is 5.82 Å². The second-order valence-corrected chi connectivity index (χ2v) is 9.56. The van der Waals surface area contributed by atoms with Crippen LogP contribution in [0.2, 0.25) is 0 Å². The van der Waals surface area contributed by atoms with Crippen molar-refractivity contribution >= 4 is 34.2 Å². The monoisotopic (exact) mass is 438 g/mol. The molecule has 2 atom stereocenters. The number of carbonyl (C=O) groups is 2. The van der Waals surface area contributed by atoms with E-state index in [9.17, 15) is 9.59 Å². The van der Waals surface area contributed by atoms with E-state index in [4.69, 9.17) is 0 Å². The summed E-state index contributed by atoms with van der Waals surface area (Å²) >= 11 is 1.49. The van der Waals surface area contributed by atoms with Gasteiger partial charge in [0.15, 0.2) is 0 Å². The maximum absolute atomic E-state index is 12.8. The number of hydrogen-bond donors (Lipinski definition) is 2. The van der Waals surface area contributed by atoms with Gasteiger partial charge in [0.05, 0.1) is 22.0 Å². The average molecular weight is 439 g/mol. The van der Waals surface area contributed by atoms with Gasteiger partial charge in [-0.2, -0.15) is 0 Å². The van der Waals surface area contributed by atoms with Crippen LogP contribution in [0.1, 0.15) is 78.3 Å². The average Bonchev–Trinajstić information content (AvgIpc) is 3.33. The Labute approximate surface area is 187 Å². The highest BCUT2D eigenvalue weighted by Gasteiger charge is 2.21. The summed E-state index contributed by atoms with van der Waals surface area (Å²) in [5.41, 5.74) is 1.90. The molecule has 31 heavy (non-hydrogen) atoms. The molecule has 6 nitrogen and oxygen atoms in total. The molecule has 2 amide bonds. The number of rotatable bonds is 6. The SMILES string of the molecule is CC(CC(=O)N[C@H](C)c1ccc(C(=O)N2CCCCCC2)s1)c1nc2ccccc2[nH]1. The third kappa shape index (κ3) is 5.15. The third-order valence-electron chi connectivity index (χ3n) is 5.90. The van der Waals surface area contributed by atoms with Crippen molar-refractivity contribution in [2.45, 2.75) is 57.9 Å². The van der Waals surface area contributed by atoms with Crippen LogP contribution in [0.4, 0.5) is 0 Å². The van der Waals surface area contributed by atoms with Gasteiger partial charge in [-0.25, -0.2) is 4.98 Å². The van der Waals surface area contributed by atoms with E-state index in [-0.39, 0.29) is 23.8 Å². The molecule has 0 radical (unpaired) electrons. The number of nitrogens with zero attached hydrogens (tertiary/aromatic N) is 2. The number of benzene rings is 1. The van der Waals surface area contributed by atoms with E-state index in [1.54, 1.807) is 0 Å². The molecule has 0 aliphatic carbocycles. The third-order valence-corrected chi connectivity index (χ3v) is 7.16. The Morgan fingerprint density at radius 2 is 1.84 bits per heavy atom. The van der Waals surface area contributed by atoms with Crippen LogP contribution in [-0.4, -0.2) is 39.8 Å². The molecule has 1 aliphatic rings. The van der Waals surface area contributed by atoms with E-state index in [2.05, 4.69) is 15.3 Å². The highest BCUT2D eigenvalue weighted by molar-refractivity contribution is 7.14. The molecule has 164 valence electrons. The quantitative estimate of drug-likeness (QED) is 0.568. The molecule has 3 heterocycles. The van der Waals surface area contributed by atoms with E-state index in [0.717, 1.165) is 52.5 Å². The fraction of sp³-hybridized carbons (Fsp3) is 0.458. The molecule has 0 saturated carbocycles.